The first-order chi connectivity index (χ1) is 10.1. The summed E-state index contributed by atoms with van der Waals surface area (Å²) >= 11 is 0. The van der Waals surface area contributed by atoms with Crippen LogP contribution in [0, 0.1) is 5.82 Å². The number of aliphatic hydroxyl groups is 1. The fraction of sp³-hybridized carbons (Fsp3) is 0.188. The van der Waals surface area contributed by atoms with E-state index in [9.17, 15) is 14.3 Å². The van der Waals surface area contributed by atoms with Crippen molar-refractivity contribution in [2.45, 2.75) is 18.6 Å². The molecule has 4 nitrogen and oxygen atoms in total. The highest BCUT2D eigenvalue weighted by atomic mass is 19.1. The van der Waals surface area contributed by atoms with Crippen LogP contribution in [0.15, 0.2) is 48.5 Å². The van der Waals surface area contributed by atoms with E-state index in [-0.39, 0.29) is 5.69 Å². The Kier molecular flexibility index (Phi) is 3.58. The number of amides is 2. The Morgan fingerprint density at radius 3 is 2.67 bits per heavy atom. The topological polar surface area (TPSA) is 61.4 Å². The predicted octanol–water partition coefficient (Wildman–Crippen LogP) is 2.61. The summed E-state index contributed by atoms with van der Waals surface area (Å²) in [5, 5.41) is 15.2. The Labute approximate surface area is 121 Å². The lowest BCUT2D eigenvalue weighted by Crippen LogP contribution is -2.37. The van der Waals surface area contributed by atoms with Crippen LogP contribution in [0.2, 0.25) is 0 Å². The SMILES string of the molecule is O=C(Nc1ccccc1F)N[C@@H]1c2ccccc2C[C@@H]1O. The summed E-state index contributed by atoms with van der Waals surface area (Å²) in [6, 6.07) is 12.5. The van der Waals surface area contributed by atoms with Crippen LogP contribution >= 0.6 is 0 Å². The zero-order valence-electron chi connectivity index (χ0n) is 11.2. The number of carbonyl (C=O) groups excluding carboxylic acids is 1. The maximum atomic E-state index is 13.5. The lowest BCUT2D eigenvalue weighted by Gasteiger charge is -2.18. The molecule has 3 rings (SSSR count). The predicted molar refractivity (Wildman–Crippen MR) is 77.4 cm³/mol. The van der Waals surface area contributed by atoms with Crippen molar-refractivity contribution in [1.82, 2.24) is 5.32 Å². The largest absolute Gasteiger partial charge is 0.390 e. The number of halogens is 1. The van der Waals surface area contributed by atoms with Crippen LogP contribution in [0.5, 0.6) is 0 Å². The van der Waals surface area contributed by atoms with Crippen LogP contribution in [-0.4, -0.2) is 17.2 Å². The van der Waals surface area contributed by atoms with Crippen LogP contribution < -0.4 is 10.6 Å². The summed E-state index contributed by atoms with van der Waals surface area (Å²) in [7, 11) is 0. The third-order valence-electron chi connectivity index (χ3n) is 3.61. The van der Waals surface area contributed by atoms with Gasteiger partial charge in [0, 0.05) is 6.42 Å². The van der Waals surface area contributed by atoms with Gasteiger partial charge in [0.1, 0.15) is 5.82 Å². The highest BCUT2D eigenvalue weighted by Crippen LogP contribution is 2.31. The normalized spacial score (nSPS) is 19.9. The number of nitrogens with one attached hydrogen (secondary N) is 2. The Bertz CT molecular complexity index is 675. The number of anilines is 1. The smallest absolute Gasteiger partial charge is 0.319 e. The van der Waals surface area contributed by atoms with Crippen molar-refractivity contribution in [3.05, 3.63) is 65.5 Å². The summed E-state index contributed by atoms with van der Waals surface area (Å²) in [5.74, 6) is -0.500. The highest BCUT2D eigenvalue weighted by molar-refractivity contribution is 5.89. The highest BCUT2D eigenvalue weighted by Gasteiger charge is 2.31. The first kappa shape index (κ1) is 13.6. The molecule has 0 saturated heterocycles. The molecule has 0 aromatic heterocycles. The number of hydrogen-bond donors (Lipinski definition) is 3. The molecule has 2 aromatic carbocycles. The monoisotopic (exact) mass is 286 g/mol. The second-order valence-corrected chi connectivity index (χ2v) is 5.03. The first-order valence-corrected chi connectivity index (χ1v) is 6.73. The molecule has 0 bridgehead atoms. The van der Waals surface area contributed by atoms with E-state index in [1.165, 1.54) is 12.1 Å². The van der Waals surface area contributed by atoms with Gasteiger partial charge in [-0.05, 0) is 23.3 Å². The van der Waals surface area contributed by atoms with Crippen molar-refractivity contribution < 1.29 is 14.3 Å². The van der Waals surface area contributed by atoms with Gasteiger partial charge < -0.3 is 15.7 Å². The van der Waals surface area contributed by atoms with Crippen LogP contribution in [0.25, 0.3) is 0 Å². The maximum absolute atomic E-state index is 13.5. The quantitative estimate of drug-likeness (QED) is 0.794. The third kappa shape index (κ3) is 2.73. The number of carbonyl (C=O) groups is 1. The van der Waals surface area contributed by atoms with Gasteiger partial charge in [-0.15, -0.1) is 0 Å². The summed E-state index contributed by atoms with van der Waals surface area (Å²) in [4.78, 5) is 12.0. The number of urea groups is 1. The molecule has 1 aliphatic rings. The van der Waals surface area contributed by atoms with Gasteiger partial charge in [-0.25, -0.2) is 9.18 Å². The van der Waals surface area contributed by atoms with Crippen molar-refractivity contribution in [3.8, 4) is 0 Å². The summed E-state index contributed by atoms with van der Waals surface area (Å²) in [5.41, 5.74) is 2.02. The fourth-order valence-electron chi connectivity index (χ4n) is 2.61. The molecule has 2 atom stereocenters. The van der Waals surface area contributed by atoms with E-state index in [1.807, 2.05) is 24.3 Å². The lowest BCUT2D eigenvalue weighted by atomic mass is 10.1. The molecule has 0 heterocycles. The molecule has 21 heavy (non-hydrogen) atoms. The molecule has 0 aliphatic heterocycles. The van der Waals surface area contributed by atoms with Crippen LogP contribution in [0.4, 0.5) is 14.9 Å². The average Bonchev–Trinajstić information content (AvgIpc) is 2.78. The molecule has 1 aliphatic carbocycles. The number of hydrogen-bond acceptors (Lipinski definition) is 2. The molecule has 3 N–H and O–H groups in total. The zero-order chi connectivity index (χ0) is 14.8. The number of rotatable bonds is 2. The molecular weight excluding hydrogens is 271 g/mol. The van der Waals surface area contributed by atoms with E-state index in [0.29, 0.717) is 6.42 Å². The second-order valence-electron chi connectivity index (χ2n) is 5.03. The molecule has 5 heteroatoms. The van der Waals surface area contributed by atoms with E-state index in [0.717, 1.165) is 11.1 Å². The molecule has 2 aromatic rings. The minimum atomic E-state index is -0.672. The molecule has 2 amide bonds. The zero-order valence-corrected chi connectivity index (χ0v) is 11.2. The standard InChI is InChI=1S/C16H15FN2O2/c17-12-7-3-4-8-13(12)18-16(21)19-15-11-6-2-1-5-10(11)9-14(15)20/h1-8,14-15,20H,9H2,(H2,18,19,21)/t14-,15+/m0/s1. The minimum absolute atomic E-state index is 0.107. The molecule has 0 spiro atoms. The molecule has 0 unspecified atom stereocenters. The van der Waals surface area contributed by atoms with Gasteiger partial charge in [-0.2, -0.15) is 0 Å². The van der Waals surface area contributed by atoms with Crippen molar-refractivity contribution in [3.63, 3.8) is 0 Å². The van der Waals surface area contributed by atoms with Crippen molar-refractivity contribution in [2.24, 2.45) is 0 Å². The summed E-state index contributed by atoms with van der Waals surface area (Å²) < 4.78 is 13.5. The van der Waals surface area contributed by atoms with E-state index in [2.05, 4.69) is 10.6 Å². The van der Waals surface area contributed by atoms with Gasteiger partial charge >= 0.3 is 6.03 Å². The number of aliphatic hydroxyl groups excluding tert-OH is 1. The molecule has 0 saturated carbocycles. The van der Waals surface area contributed by atoms with Gasteiger partial charge in [0.05, 0.1) is 17.8 Å². The van der Waals surface area contributed by atoms with Gasteiger partial charge in [-0.1, -0.05) is 36.4 Å². The average molecular weight is 286 g/mol. The van der Waals surface area contributed by atoms with E-state index in [4.69, 9.17) is 0 Å². The molecule has 0 fully saturated rings. The van der Waals surface area contributed by atoms with Crippen LogP contribution in [-0.2, 0) is 6.42 Å². The summed E-state index contributed by atoms with van der Waals surface area (Å²) in [6.07, 6.45) is -0.172. The van der Waals surface area contributed by atoms with E-state index in [1.54, 1.807) is 12.1 Å². The van der Waals surface area contributed by atoms with Gasteiger partial charge in [0.15, 0.2) is 0 Å². The Morgan fingerprint density at radius 2 is 1.86 bits per heavy atom. The Morgan fingerprint density at radius 1 is 1.14 bits per heavy atom. The number of para-hydroxylation sites is 1. The minimum Gasteiger partial charge on any atom is -0.390 e. The van der Waals surface area contributed by atoms with Crippen molar-refractivity contribution in [1.29, 1.82) is 0 Å². The van der Waals surface area contributed by atoms with E-state index >= 15 is 0 Å². The van der Waals surface area contributed by atoms with Gasteiger partial charge in [0.2, 0.25) is 0 Å². The van der Waals surface area contributed by atoms with Crippen molar-refractivity contribution >= 4 is 11.7 Å². The van der Waals surface area contributed by atoms with Crippen LogP contribution in [0.1, 0.15) is 17.2 Å². The van der Waals surface area contributed by atoms with Gasteiger partial charge in [-0.3, -0.25) is 0 Å². The first-order valence-electron chi connectivity index (χ1n) is 6.73. The van der Waals surface area contributed by atoms with Gasteiger partial charge in [0.25, 0.3) is 0 Å². The van der Waals surface area contributed by atoms with Crippen molar-refractivity contribution in [2.75, 3.05) is 5.32 Å². The second kappa shape index (κ2) is 5.54. The Balaban J connectivity index is 1.72. The molecular formula is C16H15FN2O2. The molecule has 108 valence electrons. The third-order valence-corrected chi connectivity index (χ3v) is 3.61. The number of benzene rings is 2. The molecule has 0 radical (unpaired) electrons. The van der Waals surface area contributed by atoms with Crippen LogP contribution in [0.3, 0.4) is 0 Å². The Hall–Kier alpha value is -2.40. The fourth-order valence-corrected chi connectivity index (χ4v) is 2.61. The maximum Gasteiger partial charge on any atom is 0.319 e. The van der Waals surface area contributed by atoms with E-state index < -0.39 is 24.0 Å². The summed E-state index contributed by atoms with van der Waals surface area (Å²) in [6.45, 7) is 0. The lowest BCUT2D eigenvalue weighted by molar-refractivity contribution is 0.144. The number of fused-ring (bicyclic) bond motifs is 1.